The van der Waals surface area contributed by atoms with Gasteiger partial charge in [0.1, 0.15) is 0 Å². The van der Waals surface area contributed by atoms with E-state index >= 15 is 0 Å². The van der Waals surface area contributed by atoms with Crippen molar-refractivity contribution in [2.24, 2.45) is 0 Å². The second-order valence-electron chi connectivity index (χ2n) is 5.19. The summed E-state index contributed by atoms with van der Waals surface area (Å²) in [6.45, 7) is 1.37. The highest BCUT2D eigenvalue weighted by Crippen LogP contribution is 2.14. The smallest absolute Gasteiger partial charge is 0.227 e. The van der Waals surface area contributed by atoms with Crippen LogP contribution in [0.25, 0.3) is 11.4 Å². The number of hydrogen-bond acceptors (Lipinski definition) is 6. The van der Waals surface area contributed by atoms with Gasteiger partial charge in [0.05, 0.1) is 6.10 Å². The Morgan fingerprint density at radius 2 is 2.23 bits per heavy atom. The molecule has 3 heterocycles. The van der Waals surface area contributed by atoms with Crippen molar-refractivity contribution in [2.75, 3.05) is 13.2 Å². The van der Waals surface area contributed by atoms with E-state index in [1.54, 1.807) is 12.4 Å². The van der Waals surface area contributed by atoms with E-state index in [1.807, 2.05) is 12.1 Å². The summed E-state index contributed by atoms with van der Waals surface area (Å²) >= 11 is 0. The van der Waals surface area contributed by atoms with Crippen LogP contribution in [0.1, 0.15) is 25.2 Å². The Bertz CT molecular complexity index is 608. The number of hydrogen-bond donors (Lipinski definition) is 1. The number of pyridine rings is 1. The Morgan fingerprint density at radius 3 is 3.00 bits per heavy atom. The van der Waals surface area contributed by atoms with E-state index < -0.39 is 0 Å². The molecule has 1 N–H and O–H groups in total. The molecule has 3 rings (SSSR count). The van der Waals surface area contributed by atoms with Crippen LogP contribution in [0, 0.1) is 0 Å². The Morgan fingerprint density at radius 1 is 1.36 bits per heavy atom. The number of carbonyl (C=O) groups is 1. The minimum Gasteiger partial charge on any atom is -0.376 e. The van der Waals surface area contributed by atoms with Crippen LogP contribution in [-0.2, 0) is 16.0 Å². The van der Waals surface area contributed by atoms with Crippen molar-refractivity contribution in [3.8, 4) is 11.4 Å². The molecular weight excluding hydrogens is 284 g/mol. The van der Waals surface area contributed by atoms with Gasteiger partial charge in [-0.15, -0.1) is 0 Å². The van der Waals surface area contributed by atoms with Gasteiger partial charge in [-0.05, 0) is 25.0 Å². The summed E-state index contributed by atoms with van der Waals surface area (Å²) in [6.07, 6.45) is 6.33. The zero-order valence-electron chi connectivity index (χ0n) is 12.2. The topological polar surface area (TPSA) is 90.1 Å². The van der Waals surface area contributed by atoms with Crippen LogP contribution < -0.4 is 5.32 Å². The Balaban J connectivity index is 1.45. The highest BCUT2D eigenvalue weighted by Gasteiger charge is 2.16. The molecule has 1 fully saturated rings. The fourth-order valence-corrected chi connectivity index (χ4v) is 2.32. The van der Waals surface area contributed by atoms with E-state index in [0.29, 0.717) is 31.1 Å². The average molecular weight is 302 g/mol. The van der Waals surface area contributed by atoms with Crippen LogP contribution in [0.2, 0.25) is 0 Å². The lowest BCUT2D eigenvalue weighted by Gasteiger charge is -2.09. The van der Waals surface area contributed by atoms with Crippen molar-refractivity contribution in [3.63, 3.8) is 0 Å². The molecule has 1 saturated heterocycles. The van der Waals surface area contributed by atoms with Crippen LogP contribution >= 0.6 is 0 Å². The van der Waals surface area contributed by atoms with Crippen LogP contribution in [-0.4, -0.2) is 40.3 Å². The first-order valence-corrected chi connectivity index (χ1v) is 7.42. The van der Waals surface area contributed by atoms with Gasteiger partial charge in [0.2, 0.25) is 17.6 Å². The lowest BCUT2D eigenvalue weighted by molar-refractivity contribution is -0.121. The van der Waals surface area contributed by atoms with Crippen molar-refractivity contribution < 1.29 is 14.1 Å². The summed E-state index contributed by atoms with van der Waals surface area (Å²) in [5, 5.41) is 6.78. The summed E-state index contributed by atoms with van der Waals surface area (Å²) in [7, 11) is 0. The monoisotopic (exact) mass is 302 g/mol. The van der Waals surface area contributed by atoms with Gasteiger partial charge in [0, 0.05) is 44.0 Å². The summed E-state index contributed by atoms with van der Waals surface area (Å²) in [5.41, 5.74) is 0.841. The maximum Gasteiger partial charge on any atom is 0.227 e. The standard InChI is InChI=1S/C15H18N4O3/c20-13(17-10-12-2-1-9-21-12)3-4-14-18-15(19-22-14)11-5-7-16-8-6-11/h5-8,12H,1-4,9-10H2,(H,17,20)/t12-/m0/s1. The highest BCUT2D eigenvalue weighted by atomic mass is 16.5. The molecule has 1 amide bonds. The molecular formula is C15H18N4O3. The largest absolute Gasteiger partial charge is 0.376 e. The van der Waals surface area contributed by atoms with Crippen LogP contribution in [0.5, 0.6) is 0 Å². The molecule has 116 valence electrons. The van der Waals surface area contributed by atoms with Crippen LogP contribution in [0.4, 0.5) is 0 Å². The van der Waals surface area contributed by atoms with Crippen molar-refractivity contribution in [1.82, 2.24) is 20.4 Å². The zero-order valence-corrected chi connectivity index (χ0v) is 12.2. The third kappa shape index (κ3) is 3.88. The Hall–Kier alpha value is -2.28. The van der Waals surface area contributed by atoms with Crippen LogP contribution in [0.15, 0.2) is 29.0 Å². The molecule has 7 nitrogen and oxygen atoms in total. The maximum atomic E-state index is 11.8. The number of aromatic nitrogens is 3. The third-order valence-corrected chi connectivity index (χ3v) is 3.52. The predicted octanol–water partition coefficient (Wildman–Crippen LogP) is 1.36. The number of rotatable bonds is 6. The Kier molecular flexibility index (Phi) is 4.75. The summed E-state index contributed by atoms with van der Waals surface area (Å²) < 4.78 is 10.6. The number of aryl methyl sites for hydroxylation is 1. The molecule has 0 aliphatic carbocycles. The van der Waals surface area contributed by atoms with Crippen LogP contribution in [0.3, 0.4) is 0 Å². The SMILES string of the molecule is O=C(CCc1nc(-c2ccncc2)no1)NC[C@@H]1CCCO1. The Labute approximate surface area is 128 Å². The number of carbonyl (C=O) groups excluding carboxylic acids is 1. The van der Waals surface area contributed by atoms with E-state index in [-0.39, 0.29) is 12.0 Å². The van der Waals surface area contributed by atoms with Gasteiger partial charge in [-0.1, -0.05) is 5.16 Å². The first-order chi connectivity index (χ1) is 10.8. The van der Waals surface area contributed by atoms with Gasteiger partial charge in [-0.3, -0.25) is 9.78 Å². The molecule has 0 bridgehead atoms. The van der Waals surface area contributed by atoms with Crippen molar-refractivity contribution in [3.05, 3.63) is 30.4 Å². The molecule has 2 aromatic heterocycles. The van der Waals surface area contributed by atoms with Gasteiger partial charge in [0.25, 0.3) is 0 Å². The van der Waals surface area contributed by atoms with E-state index in [1.165, 1.54) is 0 Å². The molecule has 0 spiro atoms. The summed E-state index contributed by atoms with van der Waals surface area (Å²) in [5.74, 6) is 0.940. The minimum absolute atomic E-state index is 0.0286. The predicted molar refractivity (Wildman–Crippen MR) is 77.8 cm³/mol. The molecule has 1 aliphatic heterocycles. The molecule has 1 atom stereocenters. The van der Waals surface area contributed by atoms with E-state index in [9.17, 15) is 4.79 Å². The maximum absolute atomic E-state index is 11.8. The minimum atomic E-state index is -0.0286. The molecule has 0 saturated carbocycles. The normalized spacial score (nSPS) is 17.5. The number of amides is 1. The molecule has 2 aromatic rings. The van der Waals surface area contributed by atoms with E-state index in [0.717, 1.165) is 25.0 Å². The van der Waals surface area contributed by atoms with Crippen molar-refractivity contribution in [2.45, 2.75) is 31.8 Å². The van der Waals surface area contributed by atoms with Gasteiger partial charge in [-0.2, -0.15) is 4.98 Å². The first kappa shape index (κ1) is 14.6. The molecule has 22 heavy (non-hydrogen) atoms. The number of nitrogens with zero attached hydrogens (tertiary/aromatic N) is 3. The summed E-state index contributed by atoms with van der Waals surface area (Å²) in [6, 6.07) is 3.62. The van der Waals surface area contributed by atoms with Crippen molar-refractivity contribution in [1.29, 1.82) is 0 Å². The quantitative estimate of drug-likeness (QED) is 0.866. The molecule has 1 aliphatic rings. The van der Waals surface area contributed by atoms with Gasteiger partial charge in [-0.25, -0.2) is 0 Å². The molecule has 7 heteroatoms. The lowest BCUT2D eigenvalue weighted by Crippen LogP contribution is -2.31. The average Bonchev–Trinajstić information content (AvgIpc) is 3.23. The van der Waals surface area contributed by atoms with E-state index in [2.05, 4.69) is 20.4 Å². The lowest BCUT2D eigenvalue weighted by atomic mass is 10.2. The van der Waals surface area contributed by atoms with Gasteiger partial charge in [0.15, 0.2) is 0 Å². The van der Waals surface area contributed by atoms with Gasteiger partial charge >= 0.3 is 0 Å². The molecule has 0 unspecified atom stereocenters. The van der Waals surface area contributed by atoms with E-state index in [4.69, 9.17) is 9.26 Å². The zero-order chi connectivity index (χ0) is 15.2. The number of nitrogens with one attached hydrogen (secondary N) is 1. The molecule has 0 radical (unpaired) electrons. The molecule has 0 aromatic carbocycles. The fraction of sp³-hybridized carbons (Fsp3) is 0.467. The second kappa shape index (κ2) is 7.13. The third-order valence-electron chi connectivity index (χ3n) is 3.52. The highest BCUT2D eigenvalue weighted by molar-refractivity contribution is 5.76. The second-order valence-corrected chi connectivity index (χ2v) is 5.19. The van der Waals surface area contributed by atoms with Gasteiger partial charge < -0.3 is 14.6 Å². The fourth-order valence-electron chi connectivity index (χ4n) is 2.32. The number of ether oxygens (including phenoxy) is 1. The summed E-state index contributed by atoms with van der Waals surface area (Å²) in [4.78, 5) is 20.0. The first-order valence-electron chi connectivity index (χ1n) is 7.42. The van der Waals surface area contributed by atoms with Crippen molar-refractivity contribution >= 4 is 5.91 Å².